The first-order chi connectivity index (χ1) is 8.04. The maximum atomic E-state index is 11.4. The van der Waals surface area contributed by atoms with Crippen LogP contribution in [0.2, 0.25) is 0 Å². The summed E-state index contributed by atoms with van der Waals surface area (Å²) >= 11 is 0. The van der Waals surface area contributed by atoms with Crippen molar-refractivity contribution in [1.82, 2.24) is 0 Å². The number of rotatable bonds is 7. The molecule has 0 saturated carbocycles. The maximum Gasteiger partial charge on any atom is 0.151 e. The second-order valence-corrected chi connectivity index (χ2v) is 6.63. The van der Waals surface area contributed by atoms with Crippen molar-refractivity contribution in [3.8, 4) is 6.07 Å². The van der Waals surface area contributed by atoms with Gasteiger partial charge in [-0.3, -0.25) is 0 Å². The van der Waals surface area contributed by atoms with Crippen LogP contribution in [0.5, 0.6) is 0 Å². The van der Waals surface area contributed by atoms with Gasteiger partial charge in [-0.25, -0.2) is 8.42 Å². The van der Waals surface area contributed by atoms with Crippen molar-refractivity contribution < 1.29 is 17.9 Å². The molecule has 0 aromatic carbocycles. The molecule has 5 nitrogen and oxygen atoms in total. The van der Waals surface area contributed by atoms with Gasteiger partial charge in [0.2, 0.25) is 0 Å². The summed E-state index contributed by atoms with van der Waals surface area (Å²) in [6.45, 7) is 1.64. The third-order valence-corrected chi connectivity index (χ3v) is 4.82. The summed E-state index contributed by atoms with van der Waals surface area (Å²) in [7, 11) is -1.39. The summed E-state index contributed by atoms with van der Waals surface area (Å²) in [6, 6.07) is 2.18. The van der Waals surface area contributed by atoms with E-state index in [2.05, 4.69) is 6.07 Å². The molecule has 1 fully saturated rings. The first-order valence-electron chi connectivity index (χ1n) is 5.72. The number of nitriles is 1. The van der Waals surface area contributed by atoms with Crippen LogP contribution in [0.3, 0.4) is 0 Å². The Labute approximate surface area is 103 Å². The Morgan fingerprint density at radius 1 is 1.35 bits per heavy atom. The Morgan fingerprint density at radius 2 is 2.12 bits per heavy atom. The predicted octanol–water partition coefficient (Wildman–Crippen LogP) is 0.758. The van der Waals surface area contributed by atoms with Gasteiger partial charge < -0.3 is 9.47 Å². The molecule has 0 radical (unpaired) electrons. The maximum absolute atomic E-state index is 11.4. The fourth-order valence-electron chi connectivity index (χ4n) is 2.01. The van der Waals surface area contributed by atoms with E-state index in [1.807, 2.05) is 0 Å². The quantitative estimate of drug-likeness (QED) is 0.632. The molecule has 6 heteroatoms. The third kappa shape index (κ3) is 4.62. The van der Waals surface area contributed by atoms with Crippen LogP contribution < -0.4 is 0 Å². The molecular formula is C11H19NO4S. The lowest BCUT2D eigenvalue weighted by molar-refractivity contribution is 0.0662. The van der Waals surface area contributed by atoms with Crippen LogP contribution in [0.4, 0.5) is 0 Å². The molecule has 0 aromatic heterocycles. The highest BCUT2D eigenvalue weighted by atomic mass is 32.2. The lowest BCUT2D eigenvalue weighted by atomic mass is 9.85. The van der Waals surface area contributed by atoms with Crippen molar-refractivity contribution in [3.05, 3.63) is 0 Å². The molecule has 0 aliphatic carbocycles. The van der Waals surface area contributed by atoms with Crippen molar-refractivity contribution >= 4 is 9.84 Å². The van der Waals surface area contributed by atoms with Gasteiger partial charge in [-0.15, -0.1) is 0 Å². The summed E-state index contributed by atoms with van der Waals surface area (Å²) < 4.78 is 32.9. The van der Waals surface area contributed by atoms with Gasteiger partial charge >= 0.3 is 0 Å². The van der Waals surface area contributed by atoms with Crippen LogP contribution in [0.25, 0.3) is 0 Å². The monoisotopic (exact) mass is 261 g/mol. The Kier molecular flexibility index (Phi) is 5.37. The smallest absolute Gasteiger partial charge is 0.151 e. The second-order valence-electron chi connectivity index (χ2n) is 4.44. The van der Waals surface area contributed by atoms with Crippen molar-refractivity contribution in [2.24, 2.45) is 5.41 Å². The summed E-state index contributed by atoms with van der Waals surface area (Å²) in [5.41, 5.74) is -0.677. The molecule has 0 bridgehead atoms. The largest absolute Gasteiger partial charge is 0.382 e. The molecule has 1 aliphatic rings. The molecule has 0 aromatic rings. The predicted molar refractivity (Wildman–Crippen MR) is 63.2 cm³/mol. The Bertz CT molecular complexity index is 373. The molecule has 0 amide bonds. The van der Waals surface area contributed by atoms with Crippen LogP contribution in [0, 0.1) is 16.7 Å². The SMILES string of the molecule is COCCOCCCC1(C#N)CCS(=O)(=O)C1. The van der Waals surface area contributed by atoms with Crippen molar-refractivity contribution in [1.29, 1.82) is 5.26 Å². The summed E-state index contributed by atoms with van der Waals surface area (Å²) in [4.78, 5) is 0. The van der Waals surface area contributed by atoms with Crippen LogP contribution >= 0.6 is 0 Å². The molecule has 1 unspecified atom stereocenters. The third-order valence-electron chi connectivity index (χ3n) is 3.00. The number of hydrogen-bond donors (Lipinski definition) is 0. The minimum Gasteiger partial charge on any atom is -0.382 e. The van der Waals surface area contributed by atoms with Crippen molar-refractivity contribution in [3.63, 3.8) is 0 Å². The Morgan fingerprint density at radius 3 is 2.65 bits per heavy atom. The van der Waals surface area contributed by atoms with Gasteiger partial charge in [0.1, 0.15) is 0 Å². The van der Waals surface area contributed by atoms with Crippen LogP contribution in [0.15, 0.2) is 0 Å². The number of ether oxygens (including phenoxy) is 2. The van der Waals surface area contributed by atoms with E-state index in [9.17, 15) is 8.42 Å². The normalized spacial score (nSPS) is 26.8. The average molecular weight is 261 g/mol. The molecule has 98 valence electrons. The zero-order chi connectivity index (χ0) is 12.8. The van der Waals surface area contributed by atoms with Crippen LogP contribution in [-0.2, 0) is 19.3 Å². The zero-order valence-electron chi connectivity index (χ0n) is 10.1. The molecule has 0 spiro atoms. The first-order valence-corrected chi connectivity index (χ1v) is 7.54. The number of sulfone groups is 1. The van der Waals surface area contributed by atoms with Crippen LogP contribution in [-0.4, -0.2) is 46.9 Å². The van der Waals surface area contributed by atoms with E-state index >= 15 is 0 Å². The second kappa shape index (κ2) is 6.34. The van der Waals surface area contributed by atoms with E-state index in [0.717, 1.165) is 0 Å². The van der Waals surface area contributed by atoms with E-state index in [1.54, 1.807) is 7.11 Å². The molecule has 17 heavy (non-hydrogen) atoms. The van der Waals surface area contributed by atoms with Gasteiger partial charge in [-0.05, 0) is 19.3 Å². The summed E-state index contributed by atoms with van der Waals surface area (Å²) in [5, 5.41) is 9.11. The highest BCUT2D eigenvalue weighted by Crippen LogP contribution is 2.35. The topological polar surface area (TPSA) is 76.4 Å². The molecule has 0 N–H and O–H groups in total. The Hall–Kier alpha value is -0.640. The van der Waals surface area contributed by atoms with Crippen LogP contribution in [0.1, 0.15) is 19.3 Å². The fraction of sp³-hybridized carbons (Fsp3) is 0.909. The van der Waals surface area contributed by atoms with Gasteiger partial charge in [0.05, 0.1) is 36.2 Å². The van der Waals surface area contributed by atoms with Crippen molar-refractivity contribution in [2.45, 2.75) is 19.3 Å². The number of methoxy groups -OCH3 is 1. The molecule has 1 rings (SSSR count). The van der Waals surface area contributed by atoms with Gasteiger partial charge in [-0.1, -0.05) is 0 Å². The highest BCUT2D eigenvalue weighted by Gasteiger charge is 2.41. The lowest BCUT2D eigenvalue weighted by Gasteiger charge is -2.18. The minimum absolute atomic E-state index is 0.00850. The van der Waals surface area contributed by atoms with Gasteiger partial charge in [0, 0.05) is 13.7 Å². The molecule has 1 saturated heterocycles. The standard InChI is InChI=1S/C11H19NO4S/c1-15-6-7-16-5-2-3-11(9-12)4-8-17(13,14)10-11/h2-8,10H2,1H3. The van der Waals surface area contributed by atoms with E-state index in [0.29, 0.717) is 39.1 Å². The average Bonchev–Trinajstić information content (AvgIpc) is 2.60. The molecule has 1 atom stereocenters. The molecule has 1 heterocycles. The first kappa shape index (κ1) is 14.4. The summed E-state index contributed by atoms with van der Waals surface area (Å²) in [5.74, 6) is 0.152. The highest BCUT2D eigenvalue weighted by molar-refractivity contribution is 7.91. The van der Waals surface area contributed by atoms with E-state index in [-0.39, 0.29) is 11.5 Å². The zero-order valence-corrected chi connectivity index (χ0v) is 11.0. The molecule has 1 aliphatic heterocycles. The fourth-order valence-corrected chi connectivity index (χ4v) is 4.06. The van der Waals surface area contributed by atoms with E-state index in [4.69, 9.17) is 14.7 Å². The summed E-state index contributed by atoms with van der Waals surface area (Å²) in [6.07, 6.45) is 1.77. The van der Waals surface area contributed by atoms with E-state index < -0.39 is 15.3 Å². The minimum atomic E-state index is -3.00. The molecular weight excluding hydrogens is 242 g/mol. The number of nitrogens with zero attached hydrogens (tertiary/aromatic N) is 1. The lowest BCUT2D eigenvalue weighted by Crippen LogP contribution is -2.21. The van der Waals surface area contributed by atoms with E-state index in [1.165, 1.54) is 0 Å². The van der Waals surface area contributed by atoms with Gasteiger partial charge in [0.25, 0.3) is 0 Å². The van der Waals surface area contributed by atoms with Gasteiger partial charge in [0.15, 0.2) is 9.84 Å². The number of hydrogen-bond acceptors (Lipinski definition) is 5. The van der Waals surface area contributed by atoms with Crippen molar-refractivity contribution in [2.75, 3.05) is 38.4 Å². The Balaban J connectivity index is 2.28. The van der Waals surface area contributed by atoms with Gasteiger partial charge in [-0.2, -0.15) is 5.26 Å².